The van der Waals surface area contributed by atoms with E-state index in [-0.39, 0.29) is 30.7 Å². The van der Waals surface area contributed by atoms with E-state index in [1.54, 1.807) is 4.90 Å². The van der Waals surface area contributed by atoms with Crippen LogP contribution in [0.2, 0.25) is 0 Å². The number of benzene rings is 2. The van der Waals surface area contributed by atoms with Crippen LogP contribution in [-0.2, 0) is 20.7 Å². The highest BCUT2D eigenvalue weighted by atomic mass is 19.1. The highest BCUT2D eigenvalue weighted by Gasteiger charge is 2.46. The summed E-state index contributed by atoms with van der Waals surface area (Å²) in [6, 6.07) is 10.9. The van der Waals surface area contributed by atoms with Gasteiger partial charge in [0.1, 0.15) is 18.2 Å². The predicted molar refractivity (Wildman–Crippen MR) is 129 cm³/mol. The SMILES string of the molecule is CCN1CCOc2ccccc2CCCCC2(CN(C(=O)COc3ccc(F)cc3F)CCO2)C1=O. The van der Waals surface area contributed by atoms with Crippen LogP contribution in [0.1, 0.15) is 31.7 Å². The number of likely N-dealkylation sites (N-methyl/N-ethyl adjacent to an activating group) is 1. The first-order valence-electron chi connectivity index (χ1n) is 12.4. The molecule has 1 atom stereocenters. The van der Waals surface area contributed by atoms with E-state index in [9.17, 15) is 18.4 Å². The number of carbonyl (C=O) groups is 2. The smallest absolute Gasteiger partial charge is 0.260 e. The van der Waals surface area contributed by atoms with Crippen molar-refractivity contribution in [3.05, 3.63) is 59.7 Å². The summed E-state index contributed by atoms with van der Waals surface area (Å²) in [5, 5.41) is 0. The summed E-state index contributed by atoms with van der Waals surface area (Å²) < 4.78 is 44.5. The molecule has 0 aromatic heterocycles. The fourth-order valence-corrected chi connectivity index (χ4v) is 4.74. The number of hydrogen-bond donors (Lipinski definition) is 0. The van der Waals surface area contributed by atoms with E-state index in [0.717, 1.165) is 42.7 Å². The monoisotopic (exact) mass is 502 g/mol. The van der Waals surface area contributed by atoms with Crippen LogP contribution >= 0.6 is 0 Å². The van der Waals surface area contributed by atoms with Gasteiger partial charge in [0.25, 0.3) is 11.8 Å². The van der Waals surface area contributed by atoms with Gasteiger partial charge in [-0.3, -0.25) is 9.59 Å². The highest BCUT2D eigenvalue weighted by Crippen LogP contribution is 2.30. The summed E-state index contributed by atoms with van der Waals surface area (Å²) in [5.41, 5.74) is -0.0305. The zero-order chi connectivity index (χ0) is 25.5. The van der Waals surface area contributed by atoms with E-state index in [0.29, 0.717) is 38.7 Å². The Morgan fingerprint density at radius 1 is 1.11 bits per heavy atom. The molecule has 0 aliphatic carbocycles. The molecule has 2 aliphatic heterocycles. The van der Waals surface area contributed by atoms with E-state index in [1.807, 2.05) is 25.1 Å². The van der Waals surface area contributed by atoms with Gasteiger partial charge in [-0.25, -0.2) is 8.78 Å². The van der Waals surface area contributed by atoms with Crippen LogP contribution in [0.4, 0.5) is 8.78 Å². The molecule has 1 spiro atoms. The summed E-state index contributed by atoms with van der Waals surface area (Å²) in [6.07, 6.45) is 2.86. The second kappa shape index (κ2) is 11.7. The molecule has 194 valence electrons. The molecule has 2 heterocycles. The van der Waals surface area contributed by atoms with E-state index in [1.165, 1.54) is 4.90 Å². The number of aryl methyl sites for hydroxylation is 1. The van der Waals surface area contributed by atoms with Crippen molar-refractivity contribution in [3.63, 3.8) is 0 Å². The molecule has 0 bridgehead atoms. The quantitative estimate of drug-likeness (QED) is 0.639. The first-order valence-corrected chi connectivity index (χ1v) is 12.4. The Balaban J connectivity index is 1.47. The van der Waals surface area contributed by atoms with Gasteiger partial charge in [0, 0.05) is 19.2 Å². The molecule has 1 fully saturated rings. The largest absolute Gasteiger partial charge is 0.491 e. The van der Waals surface area contributed by atoms with Crippen molar-refractivity contribution < 1.29 is 32.6 Å². The van der Waals surface area contributed by atoms with E-state index in [4.69, 9.17) is 14.2 Å². The predicted octanol–water partition coefficient (Wildman–Crippen LogP) is 3.60. The van der Waals surface area contributed by atoms with Gasteiger partial charge in [-0.2, -0.15) is 0 Å². The zero-order valence-electron chi connectivity index (χ0n) is 20.5. The second-order valence-electron chi connectivity index (χ2n) is 9.07. The number of para-hydroxylation sites is 1. The van der Waals surface area contributed by atoms with Gasteiger partial charge in [-0.05, 0) is 56.4 Å². The number of morpholine rings is 1. The van der Waals surface area contributed by atoms with Gasteiger partial charge in [-0.15, -0.1) is 0 Å². The van der Waals surface area contributed by atoms with Gasteiger partial charge in [0.2, 0.25) is 0 Å². The molecule has 4 rings (SSSR count). The number of fused-ring (bicyclic) bond motifs is 1. The van der Waals surface area contributed by atoms with Gasteiger partial charge in [0.05, 0.1) is 19.7 Å². The molecule has 9 heteroatoms. The topological polar surface area (TPSA) is 68.3 Å². The third-order valence-electron chi connectivity index (χ3n) is 6.71. The molecule has 1 saturated heterocycles. The number of ether oxygens (including phenoxy) is 3. The fraction of sp³-hybridized carbons (Fsp3) is 0.481. The van der Waals surface area contributed by atoms with E-state index in [2.05, 4.69) is 6.07 Å². The summed E-state index contributed by atoms with van der Waals surface area (Å²) in [5.74, 6) is -1.51. The van der Waals surface area contributed by atoms with Gasteiger partial charge in [0.15, 0.2) is 23.8 Å². The summed E-state index contributed by atoms with van der Waals surface area (Å²) in [7, 11) is 0. The molecule has 2 aromatic rings. The minimum absolute atomic E-state index is 0.0911. The van der Waals surface area contributed by atoms with Crippen LogP contribution in [-0.4, -0.2) is 73.2 Å². The normalized spacial score (nSPS) is 21.2. The Kier molecular flexibility index (Phi) is 8.40. The Labute approximate surface area is 209 Å². The Morgan fingerprint density at radius 2 is 1.94 bits per heavy atom. The van der Waals surface area contributed by atoms with Crippen molar-refractivity contribution in [3.8, 4) is 11.5 Å². The van der Waals surface area contributed by atoms with Crippen LogP contribution in [0.5, 0.6) is 11.5 Å². The van der Waals surface area contributed by atoms with E-state index < -0.39 is 23.8 Å². The van der Waals surface area contributed by atoms with Crippen LogP contribution in [0, 0.1) is 11.6 Å². The molecule has 36 heavy (non-hydrogen) atoms. The third kappa shape index (κ3) is 5.95. The van der Waals surface area contributed by atoms with Gasteiger partial charge in [-0.1, -0.05) is 18.2 Å². The average molecular weight is 503 g/mol. The lowest BCUT2D eigenvalue weighted by molar-refractivity contribution is -0.177. The molecule has 0 radical (unpaired) electrons. The molecule has 0 saturated carbocycles. The highest BCUT2D eigenvalue weighted by molar-refractivity contribution is 5.87. The lowest BCUT2D eigenvalue weighted by atomic mass is 9.91. The van der Waals surface area contributed by atoms with Crippen molar-refractivity contribution in [2.45, 2.75) is 38.2 Å². The maximum absolute atomic E-state index is 13.9. The Morgan fingerprint density at radius 3 is 2.75 bits per heavy atom. The molecule has 2 aromatic carbocycles. The van der Waals surface area contributed by atoms with Crippen LogP contribution in [0.3, 0.4) is 0 Å². The van der Waals surface area contributed by atoms with Gasteiger partial charge < -0.3 is 24.0 Å². The van der Waals surface area contributed by atoms with Crippen molar-refractivity contribution in [2.75, 3.05) is 46.0 Å². The van der Waals surface area contributed by atoms with Crippen molar-refractivity contribution in [1.82, 2.24) is 9.80 Å². The van der Waals surface area contributed by atoms with Crippen molar-refractivity contribution in [2.24, 2.45) is 0 Å². The molecule has 2 amide bonds. The second-order valence-corrected chi connectivity index (χ2v) is 9.07. The average Bonchev–Trinajstić information content (AvgIpc) is 2.88. The fourth-order valence-electron chi connectivity index (χ4n) is 4.74. The lowest BCUT2D eigenvalue weighted by Crippen LogP contribution is -2.62. The molecule has 1 unspecified atom stereocenters. The first kappa shape index (κ1) is 25.9. The van der Waals surface area contributed by atoms with Crippen LogP contribution in [0.15, 0.2) is 42.5 Å². The Bertz CT molecular complexity index is 1080. The lowest BCUT2D eigenvalue weighted by Gasteiger charge is -2.44. The first-order chi connectivity index (χ1) is 17.4. The zero-order valence-corrected chi connectivity index (χ0v) is 20.5. The minimum Gasteiger partial charge on any atom is -0.491 e. The molecule has 2 aliphatic rings. The molecule has 7 nitrogen and oxygen atoms in total. The van der Waals surface area contributed by atoms with Crippen LogP contribution in [0.25, 0.3) is 0 Å². The maximum Gasteiger partial charge on any atom is 0.260 e. The number of carbonyl (C=O) groups excluding carboxylic acids is 2. The molecular formula is C27H32F2N2O5. The Hall–Kier alpha value is -3.20. The number of halogens is 2. The van der Waals surface area contributed by atoms with Crippen molar-refractivity contribution >= 4 is 11.8 Å². The number of amides is 2. The number of nitrogens with zero attached hydrogens (tertiary/aromatic N) is 2. The minimum atomic E-state index is -1.16. The standard InChI is InChI=1S/C27H32F2N2O5/c1-2-30-13-15-34-23-9-4-3-7-20(23)8-5-6-12-27(26(30)33)19-31(14-16-36-27)25(32)18-35-24-11-10-21(28)17-22(24)29/h3-4,7,9-11,17H,2,5-6,8,12-16,18-19H2,1H3. The van der Waals surface area contributed by atoms with Gasteiger partial charge >= 0.3 is 0 Å². The maximum atomic E-state index is 13.9. The number of rotatable bonds is 4. The number of hydrogen-bond acceptors (Lipinski definition) is 5. The van der Waals surface area contributed by atoms with Crippen LogP contribution < -0.4 is 9.47 Å². The van der Waals surface area contributed by atoms with Crippen molar-refractivity contribution in [1.29, 1.82) is 0 Å². The van der Waals surface area contributed by atoms with E-state index >= 15 is 0 Å². The summed E-state index contributed by atoms with van der Waals surface area (Å²) in [4.78, 5) is 29.9. The molecular weight excluding hydrogens is 470 g/mol. The summed E-state index contributed by atoms with van der Waals surface area (Å²) in [6.45, 7) is 3.31. The molecule has 0 N–H and O–H groups in total. The summed E-state index contributed by atoms with van der Waals surface area (Å²) >= 11 is 0. The third-order valence-corrected chi connectivity index (χ3v) is 6.71.